The number of halogens is 1. The quantitative estimate of drug-likeness (QED) is 0.707. The van der Waals surface area contributed by atoms with Crippen LogP contribution in [0, 0.1) is 5.82 Å². The highest BCUT2D eigenvalue weighted by Gasteiger charge is 2.18. The van der Waals surface area contributed by atoms with Crippen LogP contribution in [-0.2, 0) is 6.54 Å². The number of nitrogens with one attached hydrogen (secondary N) is 2. The summed E-state index contributed by atoms with van der Waals surface area (Å²) in [4.78, 5) is 12.0. The van der Waals surface area contributed by atoms with Crippen molar-refractivity contribution in [1.82, 2.24) is 10.6 Å². The average molecular weight is 344 g/mol. The van der Waals surface area contributed by atoms with Crippen LogP contribution in [0.1, 0.15) is 22.8 Å². The summed E-state index contributed by atoms with van der Waals surface area (Å²) >= 11 is 1.61. The molecule has 124 valence electrons. The molecule has 4 nitrogen and oxygen atoms in total. The molecule has 2 amide bonds. The standard InChI is InChI=1S/C18H17FN2O2S/c19-15-5-3-13(4-6-15)10-20-18(22)21-11-16(14-7-9-24-12-14)17-2-1-8-23-17/h1-9,12,16H,10-11H2,(H2,20,21,22). The summed E-state index contributed by atoms with van der Waals surface area (Å²) in [6.45, 7) is 0.773. The lowest BCUT2D eigenvalue weighted by atomic mass is 9.99. The van der Waals surface area contributed by atoms with E-state index in [1.807, 2.05) is 29.0 Å². The molecule has 0 aliphatic heterocycles. The third-order valence-electron chi connectivity index (χ3n) is 3.67. The number of carbonyl (C=O) groups is 1. The fraction of sp³-hybridized carbons (Fsp3) is 0.167. The van der Waals surface area contributed by atoms with E-state index < -0.39 is 0 Å². The van der Waals surface area contributed by atoms with Crippen LogP contribution in [0.3, 0.4) is 0 Å². The van der Waals surface area contributed by atoms with Crippen molar-refractivity contribution in [2.24, 2.45) is 0 Å². The van der Waals surface area contributed by atoms with Crippen LogP contribution in [0.2, 0.25) is 0 Å². The van der Waals surface area contributed by atoms with Gasteiger partial charge in [0.25, 0.3) is 0 Å². The third kappa shape index (κ3) is 4.23. The first-order chi connectivity index (χ1) is 11.7. The van der Waals surface area contributed by atoms with Crippen LogP contribution >= 0.6 is 11.3 Å². The Labute approximate surface area is 143 Å². The van der Waals surface area contributed by atoms with Gasteiger partial charge >= 0.3 is 6.03 Å². The molecule has 2 aromatic heterocycles. The molecule has 3 rings (SSSR count). The van der Waals surface area contributed by atoms with Crippen molar-refractivity contribution in [2.75, 3.05) is 6.54 Å². The molecular formula is C18H17FN2O2S. The van der Waals surface area contributed by atoms with E-state index in [4.69, 9.17) is 4.42 Å². The summed E-state index contributed by atoms with van der Waals surface area (Å²) < 4.78 is 18.3. The molecule has 0 saturated heterocycles. The number of furan rings is 1. The predicted molar refractivity (Wildman–Crippen MR) is 91.5 cm³/mol. The van der Waals surface area contributed by atoms with Gasteiger partial charge in [0.15, 0.2) is 0 Å². The summed E-state index contributed by atoms with van der Waals surface area (Å²) in [5.74, 6) is 0.496. The lowest BCUT2D eigenvalue weighted by Crippen LogP contribution is -2.37. The van der Waals surface area contributed by atoms with Crippen molar-refractivity contribution in [3.05, 3.63) is 82.2 Å². The van der Waals surface area contributed by atoms with Gasteiger partial charge in [-0.2, -0.15) is 11.3 Å². The average Bonchev–Trinajstić information content (AvgIpc) is 3.29. The van der Waals surface area contributed by atoms with Gasteiger partial charge in [0.05, 0.1) is 12.2 Å². The summed E-state index contributed by atoms with van der Waals surface area (Å²) in [7, 11) is 0. The Morgan fingerprint density at radius 3 is 2.67 bits per heavy atom. The topological polar surface area (TPSA) is 54.3 Å². The van der Waals surface area contributed by atoms with Crippen LogP contribution in [0.4, 0.5) is 9.18 Å². The van der Waals surface area contributed by atoms with E-state index in [-0.39, 0.29) is 17.8 Å². The highest BCUT2D eigenvalue weighted by molar-refractivity contribution is 7.08. The van der Waals surface area contributed by atoms with Gasteiger partial charge in [-0.05, 0) is 52.2 Å². The normalized spacial score (nSPS) is 11.9. The van der Waals surface area contributed by atoms with Gasteiger partial charge in [-0.1, -0.05) is 12.1 Å². The Morgan fingerprint density at radius 1 is 1.17 bits per heavy atom. The van der Waals surface area contributed by atoms with E-state index in [2.05, 4.69) is 10.6 Å². The molecule has 0 spiro atoms. The van der Waals surface area contributed by atoms with Crippen molar-refractivity contribution in [3.8, 4) is 0 Å². The van der Waals surface area contributed by atoms with E-state index in [9.17, 15) is 9.18 Å². The predicted octanol–water partition coefficient (Wildman–Crippen LogP) is 4.11. The number of carbonyl (C=O) groups excluding carboxylic acids is 1. The first kappa shape index (κ1) is 16.3. The van der Waals surface area contributed by atoms with Crippen molar-refractivity contribution in [3.63, 3.8) is 0 Å². The molecule has 1 unspecified atom stereocenters. The molecule has 1 atom stereocenters. The summed E-state index contributed by atoms with van der Waals surface area (Å²) in [5, 5.41) is 9.67. The van der Waals surface area contributed by atoms with Gasteiger partial charge < -0.3 is 15.1 Å². The summed E-state index contributed by atoms with van der Waals surface area (Å²) in [6, 6.07) is 11.5. The Bertz CT molecular complexity index is 721. The van der Waals surface area contributed by atoms with Crippen molar-refractivity contribution < 1.29 is 13.6 Å². The SMILES string of the molecule is O=C(NCc1ccc(F)cc1)NCC(c1ccsc1)c1ccco1. The van der Waals surface area contributed by atoms with Crippen LogP contribution in [0.5, 0.6) is 0 Å². The van der Waals surface area contributed by atoms with Gasteiger partial charge in [0, 0.05) is 13.1 Å². The second kappa shape index (κ2) is 7.79. The zero-order valence-electron chi connectivity index (χ0n) is 12.9. The molecule has 2 heterocycles. The van der Waals surface area contributed by atoms with Crippen LogP contribution < -0.4 is 10.6 Å². The first-order valence-electron chi connectivity index (χ1n) is 7.54. The Morgan fingerprint density at radius 2 is 2.00 bits per heavy atom. The number of rotatable bonds is 6. The highest BCUT2D eigenvalue weighted by Crippen LogP contribution is 2.26. The van der Waals surface area contributed by atoms with E-state index in [1.165, 1.54) is 12.1 Å². The second-order valence-corrected chi connectivity index (χ2v) is 6.09. The van der Waals surface area contributed by atoms with E-state index in [1.54, 1.807) is 29.7 Å². The van der Waals surface area contributed by atoms with E-state index in [0.29, 0.717) is 13.1 Å². The van der Waals surface area contributed by atoms with Gasteiger partial charge in [-0.15, -0.1) is 0 Å². The number of benzene rings is 1. The smallest absolute Gasteiger partial charge is 0.315 e. The van der Waals surface area contributed by atoms with Crippen LogP contribution in [-0.4, -0.2) is 12.6 Å². The molecular weight excluding hydrogens is 327 g/mol. The van der Waals surface area contributed by atoms with Crippen molar-refractivity contribution in [2.45, 2.75) is 12.5 Å². The molecule has 2 N–H and O–H groups in total. The Hall–Kier alpha value is -2.60. The fourth-order valence-electron chi connectivity index (χ4n) is 2.39. The molecule has 0 aliphatic carbocycles. The highest BCUT2D eigenvalue weighted by atomic mass is 32.1. The molecule has 3 aromatic rings. The molecule has 0 radical (unpaired) electrons. The Balaban J connectivity index is 1.54. The van der Waals surface area contributed by atoms with Crippen molar-refractivity contribution in [1.29, 1.82) is 0 Å². The molecule has 0 bridgehead atoms. The van der Waals surface area contributed by atoms with Crippen LogP contribution in [0.15, 0.2) is 63.9 Å². The molecule has 0 aliphatic rings. The van der Waals surface area contributed by atoms with Gasteiger partial charge in [-0.25, -0.2) is 9.18 Å². The maximum Gasteiger partial charge on any atom is 0.315 e. The maximum atomic E-state index is 12.9. The summed E-state index contributed by atoms with van der Waals surface area (Å²) in [6.07, 6.45) is 1.63. The Kier molecular flexibility index (Phi) is 5.28. The monoisotopic (exact) mass is 344 g/mol. The molecule has 6 heteroatoms. The summed E-state index contributed by atoms with van der Waals surface area (Å²) in [5.41, 5.74) is 1.95. The molecule has 0 fully saturated rings. The van der Waals surface area contributed by atoms with E-state index in [0.717, 1.165) is 16.9 Å². The van der Waals surface area contributed by atoms with Gasteiger partial charge in [0.2, 0.25) is 0 Å². The lowest BCUT2D eigenvalue weighted by Gasteiger charge is -2.15. The maximum absolute atomic E-state index is 12.9. The fourth-order valence-corrected chi connectivity index (χ4v) is 3.10. The molecule has 24 heavy (non-hydrogen) atoms. The molecule has 1 aromatic carbocycles. The van der Waals surface area contributed by atoms with Gasteiger partial charge in [-0.3, -0.25) is 0 Å². The van der Waals surface area contributed by atoms with Crippen LogP contribution in [0.25, 0.3) is 0 Å². The first-order valence-corrected chi connectivity index (χ1v) is 8.48. The number of hydrogen-bond donors (Lipinski definition) is 2. The number of amides is 2. The van der Waals surface area contributed by atoms with Crippen molar-refractivity contribution >= 4 is 17.4 Å². The zero-order valence-corrected chi connectivity index (χ0v) is 13.7. The number of hydrogen-bond acceptors (Lipinski definition) is 3. The second-order valence-electron chi connectivity index (χ2n) is 5.31. The zero-order chi connectivity index (χ0) is 16.8. The number of urea groups is 1. The van der Waals surface area contributed by atoms with Gasteiger partial charge in [0.1, 0.15) is 11.6 Å². The van der Waals surface area contributed by atoms with E-state index >= 15 is 0 Å². The lowest BCUT2D eigenvalue weighted by molar-refractivity contribution is 0.240. The third-order valence-corrected chi connectivity index (χ3v) is 4.37. The minimum Gasteiger partial charge on any atom is -0.469 e. The molecule has 0 saturated carbocycles. The largest absolute Gasteiger partial charge is 0.469 e. The number of thiophene rings is 1. The minimum atomic E-state index is -0.291. The minimum absolute atomic E-state index is 0.0252.